The fraction of sp³-hybridized carbons (Fsp3) is 0.778. The van der Waals surface area contributed by atoms with Gasteiger partial charge in [0, 0.05) is 54.5 Å². The van der Waals surface area contributed by atoms with E-state index in [1.807, 2.05) is 6.92 Å². The van der Waals surface area contributed by atoms with E-state index in [0.717, 1.165) is 18.4 Å². The van der Waals surface area contributed by atoms with E-state index in [0.29, 0.717) is 19.4 Å². The van der Waals surface area contributed by atoms with Crippen LogP contribution in [-0.4, -0.2) is 60.2 Å². The molecule has 1 aliphatic heterocycles. The van der Waals surface area contributed by atoms with Gasteiger partial charge in [-0.2, -0.15) is 0 Å². The van der Waals surface area contributed by atoms with Gasteiger partial charge in [0.1, 0.15) is 23.8 Å². The lowest BCUT2D eigenvalue weighted by Crippen LogP contribution is -2.75. The van der Waals surface area contributed by atoms with E-state index in [9.17, 15) is 19.2 Å². The molecule has 7 rings (SSSR count). The van der Waals surface area contributed by atoms with Crippen LogP contribution < -0.4 is 0 Å². The maximum Gasteiger partial charge on any atom is 0.308 e. The van der Waals surface area contributed by atoms with Crippen molar-refractivity contribution in [3.05, 3.63) is 12.2 Å². The van der Waals surface area contributed by atoms with Crippen LogP contribution >= 0.6 is 0 Å². The highest BCUT2D eigenvalue weighted by Crippen LogP contribution is 2.81. The van der Waals surface area contributed by atoms with Crippen molar-refractivity contribution in [3.8, 4) is 0 Å². The summed E-state index contributed by atoms with van der Waals surface area (Å²) >= 11 is 0. The Morgan fingerprint density at radius 3 is 2.53 bits per heavy atom. The van der Waals surface area contributed by atoms with Crippen molar-refractivity contribution in [1.82, 2.24) is 4.90 Å². The van der Waals surface area contributed by atoms with Gasteiger partial charge in [0.2, 0.25) is 0 Å². The van der Waals surface area contributed by atoms with Gasteiger partial charge in [-0.25, -0.2) is 0 Å². The zero-order valence-electron chi connectivity index (χ0n) is 20.8. The van der Waals surface area contributed by atoms with E-state index in [4.69, 9.17) is 9.47 Å². The van der Waals surface area contributed by atoms with Gasteiger partial charge in [0.15, 0.2) is 0 Å². The number of Topliss-reactive ketones (excluding diaryl/α,β-unsaturated/α-hetero) is 2. The maximum absolute atomic E-state index is 14.1. The number of carbonyl (C=O) groups excluding carboxylic acids is 4. The number of hydrogen-bond donors (Lipinski definition) is 0. The van der Waals surface area contributed by atoms with Gasteiger partial charge in [-0.05, 0) is 37.6 Å². The average molecular weight is 470 g/mol. The molecule has 10 atom stereocenters. The number of allylic oxidation sites excluding steroid dienone is 1. The molecule has 6 saturated carbocycles. The summed E-state index contributed by atoms with van der Waals surface area (Å²) in [6, 6.07) is -0.0626. The molecule has 0 amide bonds. The highest BCUT2D eigenvalue weighted by atomic mass is 16.6. The standard InChI is InChI=1S/C27H35NO6/c1-12(2)24(32)34-23-17(33-14(4)29)10-27-18-7-15-13(3)8-26(18)9-16(30)21(27)25(23,5)11-28(6)22(27)19(26)20(15)31/h12,15,17-19,21-23H,3,7-11H2,1-2,4-6H3. The van der Waals surface area contributed by atoms with Crippen LogP contribution in [0.5, 0.6) is 0 Å². The number of rotatable bonds is 3. The van der Waals surface area contributed by atoms with Gasteiger partial charge in [-0.1, -0.05) is 32.9 Å². The lowest BCUT2D eigenvalue weighted by Gasteiger charge is -2.68. The molecule has 7 aliphatic rings. The minimum atomic E-state index is -0.705. The topological polar surface area (TPSA) is 90.0 Å². The number of esters is 2. The summed E-state index contributed by atoms with van der Waals surface area (Å²) in [6.07, 6.45) is 1.00. The third kappa shape index (κ3) is 2.33. The second-order valence-electron chi connectivity index (χ2n) is 12.7. The Kier molecular flexibility index (Phi) is 4.35. The minimum Gasteiger partial charge on any atom is -0.459 e. The summed E-state index contributed by atoms with van der Waals surface area (Å²) in [7, 11) is 2.06. The van der Waals surface area contributed by atoms with Gasteiger partial charge in [-0.15, -0.1) is 0 Å². The van der Waals surface area contributed by atoms with E-state index in [-0.39, 0.29) is 58.6 Å². The van der Waals surface area contributed by atoms with Crippen molar-refractivity contribution in [1.29, 1.82) is 0 Å². The summed E-state index contributed by atoms with van der Waals surface area (Å²) in [6.45, 7) is 11.7. The first-order valence-corrected chi connectivity index (χ1v) is 12.7. The summed E-state index contributed by atoms with van der Waals surface area (Å²) in [5, 5.41) is 0. The van der Waals surface area contributed by atoms with Crippen molar-refractivity contribution >= 4 is 23.5 Å². The number of ketones is 2. The zero-order chi connectivity index (χ0) is 24.5. The number of fused-ring (bicyclic) bond motifs is 1. The van der Waals surface area contributed by atoms with Crippen LogP contribution in [0, 0.1) is 45.8 Å². The molecule has 1 heterocycles. The Balaban J connectivity index is 1.55. The summed E-state index contributed by atoms with van der Waals surface area (Å²) in [4.78, 5) is 55.2. The summed E-state index contributed by atoms with van der Waals surface area (Å²) < 4.78 is 12.0. The number of likely N-dealkylation sites (tertiary alicyclic amines) is 1. The third-order valence-electron chi connectivity index (χ3n) is 10.7. The molecule has 7 fully saturated rings. The molecule has 1 saturated heterocycles. The molecule has 184 valence electrons. The highest BCUT2D eigenvalue weighted by molar-refractivity contribution is 5.96. The van der Waals surface area contributed by atoms with Crippen molar-refractivity contribution in [2.45, 2.75) is 71.6 Å². The molecular formula is C27H35NO6. The first kappa shape index (κ1) is 22.4. The average Bonchev–Trinajstić information content (AvgIpc) is 2.81. The van der Waals surface area contributed by atoms with E-state index in [1.165, 1.54) is 6.92 Å². The summed E-state index contributed by atoms with van der Waals surface area (Å²) in [5.74, 6) is -1.08. The second kappa shape index (κ2) is 6.59. The Hall–Kier alpha value is -2.02. The molecule has 6 aliphatic carbocycles. The van der Waals surface area contributed by atoms with Crippen molar-refractivity contribution in [2.24, 2.45) is 45.8 Å². The van der Waals surface area contributed by atoms with Crippen LogP contribution in [0.3, 0.4) is 0 Å². The lowest BCUT2D eigenvalue weighted by atomic mass is 9.39. The van der Waals surface area contributed by atoms with Crippen LogP contribution in [0.25, 0.3) is 0 Å². The van der Waals surface area contributed by atoms with Gasteiger partial charge in [0.25, 0.3) is 0 Å². The first-order chi connectivity index (χ1) is 15.9. The molecule has 0 N–H and O–H groups in total. The predicted octanol–water partition coefficient (Wildman–Crippen LogP) is 2.57. The number of ether oxygens (including phenoxy) is 2. The Morgan fingerprint density at radius 1 is 1.18 bits per heavy atom. The molecular weight excluding hydrogens is 434 g/mol. The van der Waals surface area contributed by atoms with Crippen LogP contribution in [0.15, 0.2) is 12.2 Å². The molecule has 0 aromatic rings. The third-order valence-corrected chi connectivity index (χ3v) is 10.7. The molecule has 34 heavy (non-hydrogen) atoms. The molecule has 0 aromatic heterocycles. The van der Waals surface area contributed by atoms with Crippen LogP contribution in [0.1, 0.15) is 53.4 Å². The second-order valence-corrected chi connectivity index (χ2v) is 12.7. The Morgan fingerprint density at radius 2 is 1.88 bits per heavy atom. The van der Waals surface area contributed by atoms with E-state index >= 15 is 0 Å². The van der Waals surface area contributed by atoms with Gasteiger partial charge in [-0.3, -0.25) is 19.2 Å². The monoisotopic (exact) mass is 469 g/mol. The molecule has 6 bridgehead atoms. The van der Waals surface area contributed by atoms with E-state index < -0.39 is 29.0 Å². The quantitative estimate of drug-likeness (QED) is 0.464. The van der Waals surface area contributed by atoms with Crippen molar-refractivity contribution < 1.29 is 28.7 Å². The number of nitrogens with zero attached hydrogens (tertiary/aromatic N) is 1. The maximum atomic E-state index is 14.1. The fourth-order valence-corrected chi connectivity index (χ4v) is 10.3. The number of piperidine rings is 1. The van der Waals surface area contributed by atoms with Crippen LogP contribution in [0.2, 0.25) is 0 Å². The number of hydrogen-bond acceptors (Lipinski definition) is 7. The van der Waals surface area contributed by atoms with Crippen LogP contribution in [0.4, 0.5) is 0 Å². The molecule has 7 nitrogen and oxygen atoms in total. The van der Waals surface area contributed by atoms with Crippen molar-refractivity contribution in [3.63, 3.8) is 0 Å². The molecule has 10 unspecified atom stereocenters. The largest absolute Gasteiger partial charge is 0.459 e. The molecule has 0 aromatic carbocycles. The van der Waals surface area contributed by atoms with Gasteiger partial charge < -0.3 is 14.4 Å². The molecule has 2 spiro atoms. The van der Waals surface area contributed by atoms with E-state index in [1.54, 1.807) is 13.8 Å². The smallest absolute Gasteiger partial charge is 0.308 e. The fourth-order valence-electron chi connectivity index (χ4n) is 10.3. The Labute approximate surface area is 200 Å². The normalized spacial score (nSPS) is 50.5. The van der Waals surface area contributed by atoms with E-state index in [2.05, 4.69) is 18.5 Å². The lowest BCUT2D eigenvalue weighted by molar-refractivity contribution is -0.253. The first-order valence-electron chi connectivity index (χ1n) is 12.7. The number of carbonyl (C=O) groups is 4. The van der Waals surface area contributed by atoms with Gasteiger partial charge >= 0.3 is 11.9 Å². The minimum absolute atomic E-state index is 0.0626. The van der Waals surface area contributed by atoms with Crippen LogP contribution in [-0.2, 0) is 28.7 Å². The van der Waals surface area contributed by atoms with Gasteiger partial charge in [0.05, 0.1) is 5.92 Å². The highest BCUT2D eigenvalue weighted by Gasteiger charge is 2.85. The predicted molar refractivity (Wildman–Crippen MR) is 121 cm³/mol. The molecule has 7 heteroatoms. The summed E-state index contributed by atoms with van der Waals surface area (Å²) in [5.41, 5.74) is -0.555. The Bertz CT molecular complexity index is 1050. The zero-order valence-corrected chi connectivity index (χ0v) is 20.8. The van der Waals surface area contributed by atoms with Crippen molar-refractivity contribution in [2.75, 3.05) is 13.6 Å². The SMILES string of the molecule is C=C1CC23CC(=O)C4C5(C)CN(C)C6C2C(=O)C1CC3C64CC(OC(C)=O)C5OC(=O)C(C)C. The molecule has 0 radical (unpaired) electrons.